The van der Waals surface area contributed by atoms with Gasteiger partial charge in [0.1, 0.15) is 67.0 Å². The van der Waals surface area contributed by atoms with Crippen LogP contribution in [0.2, 0.25) is 0 Å². The minimum atomic E-state index is -4.99. The number of benzene rings is 5. The molecule has 3 heterocycles. The highest BCUT2D eigenvalue weighted by atomic mass is 32.2. The molecule has 0 fully saturated rings. The van der Waals surface area contributed by atoms with Gasteiger partial charge in [-0.25, -0.2) is 9.97 Å². The first-order valence-corrected chi connectivity index (χ1v) is 32.5. The largest absolute Gasteiger partial charge is 0.496 e. The van der Waals surface area contributed by atoms with Crippen molar-refractivity contribution in [1.29, 1.82) is 5.26 Å². The second-order valence-electron chi connectivity index (χ2n) is 17.4. The molecule has 0 amide bonds. The van der Waals surface area contributed by atoms with E-state index in [0.717, 1.165) is 58.9 Å². The number of azo groups is 3. The van der Waals surface area contributed by atoms with Crippen LogP contribution in [0.3, 0.4) is 0 Å². The molecule has 0 bridgehead atoms. The van der Waals surface area contributed by atoms with E-state index in [1.807, 2.05) is 6.07 Å². The predicted octanol–water partition coefficient (Wildman–Crippen LogP) is 9.48. The maximum atomic E-state index is 12.6. The van der Waals surface area contributed by atoms with Gasteiger partial charge in [0.2, 0.25) is 11.0 Å². The fourth-order valence-electron chi connectivity index (χ4n) is 8.09. The van der Waals surface area contributed by atoms with Crippen molar-refractivity contribution in [3.63, 3.8) is 0 Å². The Balaban J connectivity index is 1.21. The molecule has 438 valence electrons. The van der Waals surface area contributed by atoms with E-state index in [1.54, 1.807) is 6.92 Å². The molecule has 3 aromatic heterocycles. The number of aromatic hydroxyl groups is 1. The van der Waals surface area contributed by atoms with Crippen molar-refractivity contribution in [3.8, 4) is 34.9 Å². The first kappa shape index (κ1) is 61.5. The summed E-state index contributed by atoms with van der Waals surface area (Å²) in [7, 11) is -19.8. The van der Waals surface area contributed by atoms with Crippen molar-refractivity contribution in [2.45, 2.75) is 46.3 Å². The van der Waals surface area contributed by atoms with Crippen molar-refractivity contribution in [2.75, 3.05) is 45.2 Å². The molecule has 5 aromatic carbocycles. The number of rotatable bonds is 22. The summed E-state index contributed by atoms with van der Waals surface area (Å²) in [5.41, 5.74) is -0.238. The molecule has 0 atom stereocenters. The van der Waals surface area contributed by atoms with Crippen LogP contribution in [0.1, 0.15) is 29.5 Å². The van der Waals surface area contributed by atoms with E-state index < -0.39 is 82.7 Å². The zero-order valence-corrected chi connectivity index (χ0v) is 48.9. The van der Waals surface area contributed by atoms with Crippen molar-refractivity contribution < 1.29 is 88.9 Å². The number of thioether (sulfide) groups is 1. The highest BCUT2D eigenvalue weighted by Gasteiger charge is 2.27. The van der Waals surface area contributed by atoms with Gasteiger partial charge in [-0.2, -0.15) is 52.5 Å². The summed E-state index contributed by atoms with van der Waals surface area (Å²) in [5.74, 6) is -2.40. The molecule has 0 saturated carbocycles. The Morgan fingerprint density at radius 1 is 0.639 bits per heavy atom. The Kier molecular flexibility index (Phi) is 17.5. The van der Waals surface area contributed by atoms with Crippen LogP contribution >= 0.6 is 23.1 Å². The molecule has 37 heteroatoms. The zero-order chi connectivity index (χ0) is 60.7. The fourth-order valence-corrected chi connectivity index (χ4v) is 13.0. The Bertz CT molecular complexity index is 4740. The number of nitrogens with zero attached hydrogens (tertiary/aromatic N) is 10. The summed E-state index contributed by atoms with van der Waals surface area (Å²) in [6, 6.07) is 12.8. The lowest BCUT2D eigenvalue weighted by Crippen LogP contribution is -2.08. The van der Waals surface area contributed by atoms with E-state index in [-0.39, 0.29) is 135 Å². The van der Waals surface area contributed by atoms with E-state index >= 15 is 0 Å². The van der Waals surface area contributed by atoms with Gasteiger partial charge in [0, 0.05) is 45.5 Å². The Labute approximate surface area is 478 Å². The standard InChI is InChI=1S/C46H42N10O20S7/c1-22-12-30(51-54-41-23(2)27(21-47)44-48-29-19-39(82(67,68)69)37(75-5)20-33(29)56(44)45(41)57)36(76-8-6-10-79(58,59)60)16-28(22)50-53-32-17-35(74-4)31(18-38(32)77-9-7-11-80(61,62)63)52-55-46-49-42-40(83(70,71)72)15-25-26(43(42)78-46)13-24(81(64,65)66)14-34(25)73-3/h12-20,57H,6-11H2,1-5H3,(H,58,59,60)(H,61,62,63)(H,64,65,66)(H,67,68,69)(H,70,71,72). The number of ether oxygens (including phenoxy) is 4. The monoisotopic (exact) mass is 1280 g/mol. The zero-order valence-electron chi connectivity index (χ0n) is 43.2. The third-order valence-electron chi connectivity index (χ3n) is 11.9. The second-order valence-corrected chi connectivity index (χ2v) is 26.9. The van der Waals surface area contributed by atoms with Crippen LogP contribution in [0.25, 0.3) is 37.7 Å². The quantitative estimate of drug-likeness (QED) is 0.0159. The third-order valence-corrected chi connectivity index (χ3v) is 18.2. The summed E-state index contributed by atoms with van der Waals surface area (Å²) in [5, 5.41) is 47.8. The van der Waals surface area contributed by atoms with Gasteiger partial charge in [-0.1, -0.05) is 11.3 Å². The number of aryl methyl sites for hydroxylation is 1. The normalized spacial score (nSPS) is 12.9. The topological polar surface area (TPSA) is 457 Å². The molecule has 0 aliphatic heterocycles. The van der Waals surface area contributed by atoms with Gasteiger partial charge >= 0.3 is 0 Å². The first-order valence-electron chi connectivity index (χ1n) is 23.2. The number of hydrogen-bond donors (Lipinski definition) is 6. The van der Waals surface area contributed by atoms with Crippen molar-refractivity contribution >= 4 is 145 Å². The van der Waals surface area contributed by atoms with E-state index in [4.69, 9.17) is 18.9 Å². The lowest BCUT2D eigenvalue weighted by Gasteiger charge is -2.12. The molecular weight excluding hydrogens is 1240 g/mol. The molecular formula is C46H42N10O20S7. The molecule has 0 aliphatic rings. The Morgan fingerprint density at radius 2 is 1.25 bits per heavy atom. The van der Waals surface area contributed by atoms with Crippen LogP contribution in [0.4, 0.5) is 33.6 Å². The summed E-state index contributed by atoms with van der Waals surface area (Å²) >= 11 is 1.78. The molecule has 0 saturated heterocycles. The number of hydrogen-bond acceptors (Lipinski definition) is 26. The average molecular weight is 1280 g/mol. The van der Waals surface area contributed by atoms with Gasteiger partial charge in [0.15, 0.2) is 11.3 Å². The Hall–Kier alpha value is -7.61. The van der Waals surface area contributed by atoms with Crippen LogP contribution in [0, 0.1) is 25.2 Å². The molecule has 8 aromatic rings. The highest BCUT2D eigenvalue weighted by molar-refractivity contribution is 7.99. The van der Waals surface area contributed by atoms with E-state index in [0.29, 0.717) is 5.56 Å². The van der Waals surface area contributed by atoms with Crippen LogP contribution in [-0.2, 0) is 50.6 Å². The number of thiazole rings is 1. The number of pyridine rings is 1. The van der Waals surface area contributed by atoms with Crippen molar-refractivity contribution in [3.05, 3.63) is 71.3 Å². The predicted molar refractivity (Wildman–Crippen MR) is 298 cm³/mol. The Morgan fingerprint density at radius 3 is 1.88 bits per heavy atom. The van der Waals surface area contributed by atoms with Gasteiger partial charge in [-0.3, -0.25) is 27.2 Å². The second kappa shape index (κ2) is 23.6. The molecule has 0 radical (unpaired) electrons. The maximum Gasteiger partial charge on any atom is 0.298 e. The lowest BCUT2D eigenvalue weighted by atomic mass is 10.1. The smallest absolute Gasteiger partial charge is 0.298 e. The highest BCUT2D eigenvalue weighted by Crippen LogP contribution is 2.47. The molecule has 30 nitrogen and oxygen atoms in total. The molecule has 0 unspecified atom stereocenters. The minimum Gasteiger partial charge on any atom is -0.496 e. The number of nitriles is 1. The number of methoxy groups -OCH3 is 3. The van der Waals surface area contributed by atoms with Gasteiger partial charge in [-0.05, 0) is 68.3 Å². The van der Waals surface area contributed by atoms with E-state index in [2.05, 4.69) is 40.7 Å². The first-order chi connectivity index (χ1) is 38.8. The van der Waals surface area contributed by atoms with Gasteiger partial charge < -0.3 is 24.1 Å². The van der Waals surface area contributed by atoms with Crippen molar-refractivity contribution in [2.24, 2.45) is 30.7 Å². The van der Waals surface area contributed by atoms with Crippen LogP contribution in [-0.4, -0.2) is 130 Å². The van der Waals surface area contributed by atoms with Crippen LogP contribution in [0.15, 0.2) is 105 Å². The minimum absolute atomic E-state index is 0.000737. The third kappa shape index (κ3) is 13.6. The SMILES string of the molecule is COc1cc(N=Nc2cc(OCCCS(=O)(=O)O)c(N=Nc3c(C)c(C#N)c4nc5cc(S(=O)(=O)O)c(OC)cc5n4c3O)cc2C)c(SCCCS(=O)(=O)O)cc1N=Nc1nc2c(S(=O)(=O)O)cc3c(OC)cc(S(=O)(=O)O)cc3c2s1. The summed E-state index contributed by atoms with van der Waals surface area (Å²) in [4.78, 5) is 6.95. The van der Waals surface area contributed by atoms with Gasteiger partial charge in [-0.15, -0.1) is 37.3 Å². The van der Waals surface area contributed by atoms with Crippen LogP contribution < -0.4 is 18.9 Å². The van der Waals surface area contributed by atoms with Crippen molar-refractivity contribution in [1.82, 2.24) is 14.4 Å². The summed E-state index contributed by atoms with van der Waals surface area (Å²) in [6.07, 6.45) is -0.264. The molecule has 6 N–H and O–H groups in total. The van der Waals surface area contributed by atoms with E-state index in [1.165, 1.54) is 51.5 Å². The fraction of sp³-hybridized carbons (Fsp3) is 0.239. The molecule has 83 heavy (non-hydrogen) atoms. The van der Waals surface area contributed by atoms with Gasteiger partial charge in [0.25, 0.3) is 50.6 Å². The average Bonchev–Trinajstić information content (AvgIpc) is 3.05. The molecule has 0 aliphatic carbocycles. The van der Waals surface area contributed by atoms with Crippen LogP contribution in [0.5, 0.6) is 28.9 Å². The molecule has 8 rings (SSSR count). The summed E-state index contributed by atoms with van der Waals surface area (Å²) < 4.78 is 192. The summed E-state index contributed by atoms with van der Waals surface area (Å²) in [6.45, 7) is 2.71. The number of fused-ring (bicyclic) bond motifs is 6. The molecule has 0 spiro atoms. The van der Waals surface area contributed by atoms with Gasteiger partial charge in [0.05, 0.1) is 65.8 Å². The van der Waals surface area contributed by atoms with E-state index in [9.17, 15) is 75.2 Å². The lowest BCUT2D eigenvalue weighted by molar-refractivity contribution is 0.317. The number of imidazole rings is 1. The maximum absolute atomic E-state index is 12.6. The number of aromatic nitrogens is 3.